The van der Waals surface area contributed by atoms with Crippen LogP contribution in [0.4, 0.5) is 0 Å². The molecule has 0 aliphatic carbocycles. The molecule has 1 aromatic carbocycles. The molecule has 1 heterocycles. The number of guanidine groups is 1. The van der Waals surface area contributed by atoms with Gasteiger partial charge in [-0.1, -0.05) is 34.5 Å². The molecule has 0 radical (unpaired) electrons. The largest absolute Gasteiger partial charge is 0.370 e. The molecular weight excluding hydrogens is 314 g/mol. The first kappa shape index (κ1) is 13.7. The van der Waals surface area contributed by atoms with Crippen LogP contribution in [-0.2, 0) is 0 Å². The number of nitrogens with two attached hydrogens (primary N) is 1. The Morgan fingerprint density at radius 2 is 2.33 bits per heavy atom. The molecule has 18 heavy (non-hydrogen) atoms. The van der Waals surface area contributed by atoms with Gasteiger partial charge in [-0.05, 0) is 37.1 Å². The van der Waals surface area contributed by atoms with Crippen molar-refractivity contribution in [3.63, 3.8) is 0 Å². The van der Waals surface area contributed by atoms with Crippen molar-refractivity contribution in [1.29, 1.82) is 0 Å². The van der Waals surface area contributed by atoms with E-state index < -0.39 is 0 Å². The summed E-state index contributed by atoms with van der Waals surface area (Å²) in [7, 11) is 0. The number of aliphatic imine (C=N–C) groups is 1. The molecule has 0 saturated heterocycles. The van der Waals surface area contributed by atoms with Crippen molar-refractivity contribution >= 4 is 33.5 Å². The third-order valence-electron chi connectivity index (χ3n) is 3.41. The smallest absolute Gasteiger partial charge is 0.192 e. The minimum absolute atomic E-state index is 0.143. The van der Waals surface area contributed by atoms with Crippen LogP contribution in [0.15, 0.2) is 27.7 Å². The molecule has 0 spiro atoms. The fourth-order valence-corrected chi connectivity index (χ4v) is 2.88. The standard InChI is InChI=1S/C13H17BrClN3/c1-3-8(2)18-12(7-17-13(18)16)10-6-9(14)4-5-11(10)15/h4-6,8,12H,3,7H2,1-2H3,(H2,16,17). The zero-order chi connectivity index (χ0) is 13.3. The normalized spacial score (nSPS) is 21.0. The summed E-state index contributed by atoms with van der Waals surface area (Å²) in [6.07, 6.45) is 1.03. The Kier molecular flexibility index (Phi) is 4.17. The predicted octanol–water partition coefficient (Wildman–Crippen LogP) is 3.57. The SMILES string of the molecule is CCC(C)N1C(N)=NCC1c1cc(Br)ccc1Cl. The van der Waals surface area contributed by atoms with Gasteiger partial charge in [-0.3, -0.25) is 4.99 Å². The molecule has 2 atom stereocenters. The van der Waals surface area contributed by atoms with Crippen molar-refractivity contribution in [1.82, 2.24) is 4.90 Å². The zero-order valence-electron chi connectivity index (χ0n) is 10.5. The Hall–Kier alpha value is -0.740. The first-order chi connectivity index (χ1) is 8.54. The highest BCUT2D eigenvalue weighted by Gasteiger charge is 2.31. The average molecular weight is 331 g/mol. The zero-order valence-corrected chi connectivity index (χ0v) is 12.9. The Bertz CT molecular complexity index is 475. The molecule has 2 rings (SSSR count). The van der Waals surface area contributed by atoms with E-state index in [-0.39, 0.29) is 6.04 Å². The van der Waals surface area contributed by atoms with Crippen LogP contribution >= 0.6 is 27.5 Å². The third-order valence-corrected chi connectivity index (χ3v) is 4.25. The van der Waals surface area contributed by atoms with Crippen molar-refractivity contribution in [2.24, 2.45) is 10.7 Å². The average Bonchev–Trinajstić information content (AvgIpc) is 2.73. The van der Waals surface area contributed by atoms with E-state index in [4.69, 9.17) is 17.3 Å². The Labute approximate surface area is 121 Å². The molecule has 2 N–H and O–H groups in total. The second kappa shape index (κ2) is 5.49. The van der Waals surface area contributed by atoms with E-state index in [1.54, 1.807) is 0 Å². The Morgan fingerprint density at radius 1 is 1.61 bits per heavy atom. The van der Waals surface area contributed by atoms with Gasteiger partial charge in [-0.15, -0.1) is 0 Å². The molecule has 98 valence electrons. The van der Waals surface area contributed by atoms with Gasteiger partial charge in [0, 0.05) is 15.5 Å². The quantitative estimate of drug-likeness (QED) is 0.920. The number of nitrogens with zero attached hydrogens (tertiary/aromatic N) is 2. The second-order valence-corrected chi connectivity index (χ2v) is 5.87. The second-order valence-electron chi connectivity index (χ2n) is 4.55. The van der Waals surface area contributed by atoms with E-state index in [1.807, 2.05) is 12.1 Å². The number of hydrogen-bond acceptors (Lipinski definition) is 3. The fourth-order valence-electron chi connectivity index (χ4n) is 2.26. The highest BCUT2D eigenvalue weighted by molar-refractivity contribution is 9.10. The lowest BCUT2D eigenvalue weighted by atomic mass is 10.0. The molecule has 5 heteroatoms. The minimum Gasteiger partial charge on any atom is -0.370 e. The molecule has 0 fully saturated rings. The van der Waals surface area contributed by atoms with Gasteiger partial charge < -0.3 is 10.6 Å². The lowest BCUT2D eigenvalue weighted by Crippen LogP contribution is -2.42. The highest BCUT2D eigenvalue weighted by atomic mass is 79.9. The van der Waals surface area contributed by atoms with Crippen LogP contribution < -0.4 is 5.73 Å². The van der Waals surface area contributed by atoms with Crippen LogP contribution in [0.25, 0.3) is 0 Å². The number of halogens is 2. The fraction of sp³-hybridized carbons (Fsp3) is 0.462. The number of benzene rings is 1. The number of rotatable bonds is 3. The van der Waals surface area contributed by atoms with Gasteiger partial charge in [0.15, 0.2) is 5.96 Å². The van der Waals surface area contributed by atoms with E-state index in [0.717, 1.165) is 21.5 Å². The van der Waals surface area contributed by atoms with E-state index in [9.17, 15) is 0 Å². The molecule has 0 saturated carbocycles. The van der Waals surface area contributed by atoms with Gasteiger partial charge in [0.05, 0.1) is 12.6 Å². The molecule has 0 aromatic heterocycles. The molecule has 2 unspecified atom stereocenters. The van der Waals surface area contributed by atoms with E-state index >= 15 is 0 Å². The maximum Gasteiger partial charge on any atom is 0.192 e. The highest BCUT2D eigenvalue weighted by Crippen LogP contribution is 2.34. The van der Waals surface area contributed by atoms with Crippen LogP contribution in [0.1, 0.15) is 31.9 Å². The maximum absolute atomic E-state index is 6.30. The van der Waals surface area contributed by atoms with Crippen molar-refractivity contribution in [3.05, 3.63) is 33.3 Å². The third kappa shape index (κ3) is 2.50. The first-order valence-electron chi connectivity index (χ1n) is 6.07. The molecule has 0 amide bonds. The summed E-state index contributed by atoms with van der Waals surface area (Å²) in [5, 5.41) is 0.765. The summed E-state index contributed by atoms with van der Waals surface area (Å²) < 4.78 is 1.02. The predicted molar refractivity (Wildman–Crippen MR) is 80.0 cm³/mol. The van der Waals surface area contributed by atoms with E-state index in [1.165, 1.54) is 0 Å². The number of hydrogen-bond donors (Lipinski definition) is 1. The van der Waals surface area contributed by atoms with Crippen LogP contribution in [0.3, 0.4) is 0 Å². The van der Waals surface area contributed by atoms with Crippen LogP contribution in [0, 0.1) is 0 Å². The minimum atomic E-state index is 0.143. The molecule has 1 aliphatic heterocycles. The molecule has 1 aromatic rings. The Balaban J connectivity index is 2.36. The van der Waals surface area contributed by atoms with Gasteiger partial charge in [0.1, 0.15) is 0 Å². The molecule has 1 aliphatic rings. The lowest BCUT2D eigenvalue weighted by molar-refractivity contribution is 0.268. The van der Waals surface area contributed by atoms with Gasteiger partial charge in [0.25, 0.3) is 0 Å². The van der Waals surface area contributed by atoms with Gasteiger partial charge >= 0.3 is 0 Å². The summed E-state index contributed by atoms with van der Waals surface area (Å²) >= 11 is 9.78. The summed E-state index contributed by atoms with van der Waals surface area (Å²) in [6.45, 7) is 4.98. The van der Waals surface area contributed by atoms with E-state index in [2.05, 4.69) is 45.7 Å². The van der Waals surface area contributed by atoms with Crippen LogP contribution in [0.2, 0.25) is 5.02 Å². The van der Waals surface area contributed by atoms with Crippen LogP contribution in [0.5, 0.6) is 0 Å². The summed E-state index contributed by atoms with van der Waals surface area (Å²) in [4.78, 5) is 6.52. The van der Waals surface area contributed by atoms with Gasteiger partial charge in [0.2, 0.25) is 0 Å². The lowest BCUT2D eigenvalue weighted by Gasteiger charge is -2.32. The van der Waals surface area contributed by atoms with Crippen molar-refractivity contribution < 1.29 is 0 Å². The molecular formula is C13H17BrClN3. The summed E-state index contributed by atoms with van der Waals surface area (Å²) in [5.74, 6) is 0.616. The van der Waals surface area contributed by atoms with Crippen molar-refractivity contribution in [2.75, 3.05) is 6.54 Å². The maximum atomic E-state index is 6.30. The van der Waals surface area contributed by atoms with E-state index in [0.29, 0.717) is 18.5 Å². The van der Waals surface area contributed by atoms with Crippen LogP contribution in [-0.4, -0.2) is 23.4 Å². The van der Waals surface area contributed by atoms with Crippen molar-refractivity contribution in [3.8, 4) is 0 Å². The van der Waals surface area contributed by atoms with Gasteiger partial charge in [-0.25, -0.2) is 0 Å². The van der Waals surface area contributed by atoms with Crippen molar-refractivity contribution in [2.45, 2.75) is 32.4 Å². The first-order valence-corrected chi connectivity index (χ1v) is 7.25. The van der Waals surface area contributed by atoms with Gasteiger partial charge in [-0.2, -0.15) is 0 Å². The Morgan fingerprint density at radius 3 is 3.00 bits per heavy atom. The molecule has 0 bridgehead atoms. The monoisotopic (exact) mass is 329 g/mol. The summed E-state index contributed by atoms with van der Waals surface area (Å²) in [5.41, 5.74) is 7.07. The summed E-state index contributed by atoms with van der Waals surface area (Å²) in [6, 6.07) is 6.40. The molecule has 3 nitrogen and oxygen atoms in total. The topological polar surface area (TPSA) is 41.6 Å².